The lowest BCUT2D eigenvalue weighted by Gasteiger charge is -2.35. The number of hydrogen-bond acceptors (Lipinski definition) is 8. The molecule has 8 nitrogen and oxygen atoms in total. The fraction of sp³-hybridized carbons (Fsp3) is 0.472. The molecule has 2 bridgehead atoms. The van der Waals surface area contributed by atoms with Crippen LogP contribution in [-0.4, -0.2) is 81.5 Å². The van der Waals surface area contributed by atoms with Crippen molar-refractivity contribution in [2.45, 2.75) is 76.2 Å². The lowest BCUT2D eigenvalue weighted by molar-refractivity contribution is 0.107. The Bertz CT molecular complexity index is 1970. The molecular formula is C36H37F3N6O2. The molecule has 4 aliphatic heterocycles. The highest BCUT2D eigenvalue weighted by atomic mass is 19.1. The number of aryl methyl sites for hydroxylation is 1. The SMILES string of the molecule is CC#Cc1nc(-c2cc(O)cc3ccc(F)c(CC)c23)c(F)c2nc(OC[C@@]34CCCN3C[C@H](F)C4)nc(N3C[C@H]4CC[C@@H](C3)N4)c12. The van der Waals surface area contributed by atoms with Gasteiger partial charge in [-0.3, -0.25) is 4.90 Å². The predicted octanol–water partition coefficient (Wildman–Crippen LogP) is 5.66. The molecule has 0 amide bonds. The highest BCUT2D eigenvalue weighted by Gasteiger charge is 2.49. The number of nitrogens with one attached hydrogen (secondary N) is 1. The lowest BCUT2D eigenvalue weighted by Crippen LogP contribution is -2.51. The van der Waals surface area contributed by atoms with Crippen LogP contribution >= 0.6 is 0 Å². The number of phenols is 1. The Morgan fingerprint density at radius 3 is 2.66 bits per heavy atom. The van der Waals surface area contributed by atoms with Gasteiger partial charge in [-0.05, 0) is 86.0 Å². The van der Waals surface area contributed by atoms with E-state index in [1.807, 2.05) is 6.92 Å². The first-order valence-electron chi connectivity index (χ1n) is 16.6. The van der Waals surface area contributed by atoms with Gasteiger partial charge in [0.15, 0.2) is 5.82 Å². The van der Waals surface area contributed by atoms with E-state index in [2.05, 4.69) is 31.9 Å². The molecule has 11 heteroatoms. The van der Waals surface area contributed by atoms with Crippen LogP contribution in [0.1, 0.15) is 57.2 Å². The molecule has 4 fully saturated rings. The van der Waals surface area contributed by atoms with Crippen LogP contribution in [0.2, 0.25) is 0 Å². The maximum absolute atomic E-state index is 17.1. The number of rotatable bonds is 6. The molecule has 2 N–H and O–H groups in total. The summed E-state index contributed by atoms with van der Waals surface area (Å²) in [6.45, 7) is 6.25. The summed E-state index contributed by atoms with van der Waals surface area (Å²) in [5.41, 5.74) is 0.388. The summed E-state index contributed by atoms with van der Waals surface area (Å²) in [4.78, 5) is 18.6. The first-order valence-corrected chi connectivity index (χ1v) is 16.6. The molecule has 244 valence electrons. The average Bonchev–Trinajstić information content (AvgIpc) is 3.71. The van der Waals surface area contributed by atoms with Gasteiger partial charge in [-0.1, -0.05) is 18.9 Å². The number of pyridine rings is 1. The van der Waals surface area contributed by atoms with Gasteiger partial charge in [-0.15, -0.1) is 0 Å². The second-order valence-corrected chi connectivity index (χ2v) is 13.4. The van der Waals surface area contributed by atoms with Gasteiger partial charge in [0.25, 0.3) is 0 Å². The first kappa shape index (κ1) is 30.2. The Hall–Kier alpha value is -4.14. The minimum atomic E-state index is -0.917. The number of ether oxygens (including phenoxy) is 1. The van der Waals surface area contributed by atoms with Crippen molar-refractivity contribution in [1.82, 2.24) is 25.2 Å². The minimum Gasteiger partial charge on any atom is -0.508 e. The number of alkyl halides is 1. The summed E-state index contributed by atoms with van der Waals surface area (Å²) < 4.78 is 53.1. The van der Waals surface area contributed by atoms with Gasteiger partial charge in [0.05, 0.1) is 10.9 Å². The number of phenolic OH excluding ortho intramolecular Hbond substituents is 1. The summed E-state index contributed by atoms with van der Waals surface area (Å²) in [7, 11) is 0. The van der Waals surface area contributed by atoms with Crippen LogP contribution in [-0.2, 0) is 6.42 Å². The van der Waals surface area contributed by atoms with Crippen LogP contribution in [0, 0.1) is 23.5 Å². The highest BCUT2D eigenvalue weighted by molar-refractivity contribution is 6.03. The Morgan fingerprint density at radius 2 is 1.89 bits per heavy atom. The van der Waals surface area contributed by atoms with E-state index in [1.54, 1.807) is 13.0 Å². The summed E-state index contributed by atoms with van der Waals surface area (Å²) in [5, 5.41) is 15.8. The van der Waals surface area contributed by atoms with Crippen molar-refractivity contribution >= 4 is 27.5 Å². The van der Waals surface area contributed by atoms with Crippen LogP contribution in [0.4, 0.5) is 19.0 Å². The number of aromatic hydroxyl groups is 1. The summed E-state index contributed by atoms with van der Waals surface area (Å²) >= 11 is 0. The van der Waals surface area contributed by atoms with Crippen LogP contribution in [0.3, 0.4) is 0 Å². The number of piperazine rings is 1. The van der Waals surface area contributed by atoms with E-state index in [-0.39, 0.29) is 52.9 Å². The number of benzene rings is 2. The van der Waals surface area contributed by atoms with Gasteiger partial charge in [0, 0.05) is 43.7 Å². The monoisotopic (exact) mass is 642 g/mol. The predicted molar refractivity (Wildman–Crippen MR) is 174 cm³/mol. The molecule has 2 aromatic carbocycles. The topological polar surface area (TPSA) is 86.6 Å². The number of nitrogens with zero attached hydrogens (tertiary/aromatic N) is 5. The second-order valence-electron chi connectivity index (χ2n) is 13.4. The van der Waals surface area contributed by atoms with Crippen molar-refractivity contribution in [2.24, 2.45) is 0 Å². The molecule has 0 unspecified atom stereocenters. The third kappa shape index (κ3) is 5.04. The van der Waals surface area contributed by atoms with E-state index in [0.717, 1.165) is 32.2 Å². The molecule has 2 aromatic heterocycles. The molecule has 4 saturated heterocycles. The zero-order chi connectivity index (χ0) is 32.4. The molecule has 47 heavy (non-hydrogen) atoms. The molecule has 0 saturated carbocycles. The van der Waals surface area contributed by atoms with Gasteiger partial charge in [-0.25, -0.2) is 18.2 Å². The lowest BCUT2D eigenvalue weighted by atomic mass is 9.94. The van der Waals surface area contributed by atoms with Crippen molar-refractivity contribution in [3.8, 4) is 34.9 Å². The number of halogens is 3. The van der Waals surface area contributed by atoms with Gasteiger partial charge in [0.2, 0.25) is 0 Å². The maximum atomic E-state index is 17.1. The smallest absolute Gasteiger partial charge is 0.319 e. The van der Waals surface area contributed by atoms with E-state index in [1.165, 1.54) is 18.2 Å². The molecule has 4 atom stereocenters. The summed E-state index contributed by atoms with van der Waals surface area (Å²) in [5.74, 6) is 5.22. The zero-order valence-electron chi connectivity index (χ0n) is 26.5. The van der Waals surface area contributed by atoms with Gasteiger partial charge in [0.1, 0.15) is 47.1 Å². The van der Waals surface area contributed by atoms with Crippen LogP contribution in [0.15, 0.2) is 24.3 Å². The van der Waals surface area contributed by atoms with Crippen LogP contribution < -0.4 is 15.0 Å². The molecule has 4 aromatic rings. The van der Waals surface area contributed by atoms with Gasteiger partial charge < -0.3 is 20.1 Å². The molecule has 8 rings (SSSR count). The van der Waals surface area contributed by atoms with E-state index in [4.69, 9.17) is 14.7 Å². The highest BCUT2D eigenvalue weighted by Crippen LogP contribution is 2.43. The van der Waals surface area contributed by atoms with E-state index >= 15 is 8.78 Å². The summed E-state index contributed by atoms with van der Waals surface area (Å²) in [6, 6.07) is 6.42. The van der Waals surface area contributed by atoms with Crippen molar-refractivity contribution in [3.05, 3.63) is 47.2 Å². The van der Waals surface area contributed by atoms with E-state index in [9.17, 15) is 9.50 Å². The largest absolute Gasteiger partial charge is 0.508 e. The molecular weight excluding hydrogens is 605 g/mol. The molecule has 4 aliphatic rings. The number of fused-ring (bicyclic) bond motifs is 5. The van der Waals surface area contributed by atoms with Crippen LogP contribution in [0.5, 0.6) is 11.8 Å². The van der Waals surface area contributed by atoms with Crippen molar-refractivity contribution in [3.63, 3.8) is 0 Å². The zero-order valence-corrected chi connectivity index (χ0v) is 26.5. The van der Waals surface area contributed by atoms with E-state index in [0.29, 0.717) is 60.0 Å². The quantitative estimate of drug-likeness (QED) is 0.261. The van der Waals surface area contributed by atoms with Crippen molar-refractivity contribution in [2.75, 3.05) is 37.7 Å². The van der Waals surface area contributed by atoms with Crippen molar-refractivity contribution < 1.29 is 23.0 Å². The fourth-order valence-electron chi connectivity index (χ4n) is 8.47. The maximum Gasteiger partial charge on any atom is 0.319 e. The summed E-state index contributed by atoms with van der Waals surface area (Å²) in [6.07, 6.45) is 3.67. The fourth-order valence-corrected chi connectivity index (χ4v) is 8.47. The number of aromatic nitrogens is 3. The third-order valence-corrected chi connectivity index (χ3v) is 10.5. The Labute approximate surface area is 271 Å². The Balaban J connectivity index is 1.34. The standard InChI is InChI=1S/C36H37F3N6O2/c1-3-6-28-30-33(31(39)32(41-28)26-14-24(46)13-20-7-10-27(38)25(4-2)29(20)26)42-35(43-34(30)44-17-22-8-9-23(18-44)40-22)47-19-36-11-5-12-45(36)16-21(37)15-36/h7,10,13-14,21-23,40,46H,4-5,8-9,11-12,15-19H2,1-2H3/t21-,22-,23+,36+/m1/s1. The normalized spacial score (nSPS) is 25.4. The first-order chi connectivity index (χ1) is 22.8. The van der Waals surface area contributed by atoms with Gasteiger partial charge in [-0.2, -0.15) is 9.97 Å². The van der Waals surface area contributed by atoms with Gasteiger partial charge >= 0.3 is 6.01 Å². The van der Waals surface area contributed by atoms with Crippen LogP contribution in [0.25, 0.3) is 32.9 Å². The average molecular weight is 643 g/mol. The third-order valence-electron chi connectivity index (χ3n) is 10.5. The molecule has 0 radical (unpaired) electrons. The van der Waals surface area contributed by atoms with E-state index < -0.39 is 23.3 Å². The Morgan fingerprint density at radius 1 is 1.09 bits per heavy atom. The Kier molecular flexibility index (Phi) is 7.41. The molecule has 6 heterocycles. The molecule has 0 spiro atoms. The minimum absolute atomic E-state index is 0.00873. The van der Waals surface area contributed by atoms with Crippen molar-refractivity contribution in [1.29, 1.82) is 0 Å². The molecule has 0 aliphatic carbocycles. The number of anilines is 1. The second kappa shape index (κ2) is 11.5. The number of hydrogen-bond donors (Lipinski definition) is 2.